The molecule has 4 heteroatoms. The summed E-state index contributed by atoms with van der Waals surface area (Å²) in [7, 11) is 0. The largest absolute Gasteiger partial charge is 0.298 e. The lowest BCUT2D eigenvalue weighted by molar-refractivity contribution is 0.111. The van der Waals surface area contributed by atoms with Crippen molar-refractivity contribution in [3.05, 3.63) is 58.2 Å². The number of carbonyl (C=O) groups excluding carboxylic acids is 2. The Hall–Kier alpha value is -2.36. The maximum atomic E-state index is 13.4. The highest BCUT2D eigenvalue weighted by molar-refractivity contribution is 5.96. The fourth-order valence-corrected chi connectivity index (χ4v) is 2.41. The van der Waals surface area contributed by atoms with Crippen molar-refractivity contribution >= 4 is 12.6 Å². The molecule has 2 aromatic rings. The summed E-state index contributed by atoms with van der Waals surface area (Å²) in [6.07, 6.45) is 1.06. The lowest BCUT2D eigenvalue weighted by atomic mass is 9.89. The standard InChI is InChI=1S/C16H12F2O2/c1-9-3-13(17)5-11(7-19)15(9)16-10(2)4-14(18)6-12(16)8-20/h3-8H,1-2H3. The van der Waals surface area contributed by atoms with Crippen LogP contribution in [-0.2, 0) is 0 Å². The number of rotatable bonds is 3. The molecule has 0 aliphatic heterocycles. The normalized spacial score (nSPS) is 10.4. The van der Waals surface area contributed by atoms with E-state index >= 15 is 0 Å². The lowest BCUT2D eigenvalue weighted by Gasteiger charge is -2.14. The van der Waals surface area contributed by atoms with Gasteiger partial charge in [0, 0.05) is 11.1 Å². The molecule has 0 aromatic heterocycles. The van der Waals surface area contributed by atoms with E-state index in [2.05, 4.69) is 0 Å². The first kappa shape index (κ1) is 14.1. The zero-order chi connectivity index (χ0) is 14.9. The van der Waals surface area contributed by atoms with Crippen LogP contribution in [0.5, 0.6) is 0 Å². The van der Waals surface area contributed by atoms with Crippen molar-refractivity contribution in [1.82, 2.24) is 0 Å². The smallest absolute Gasteiger partial charge is 0.150 e. The molecule has 0 spiro atoms. The Morgan fingerprint density at radius 2 is 1.10 bits per heavy atom. The van der Waals surface area contributed by atoms with E-state index in [0.29, 0.717) is 34.8 Å². The number of hydrogen-bond donors (Lipinski definition) is 0. The fraction of sp³-hybridized carbons (Fsp3) is 0.125. The molecule has 0 radical (unpaired) electrons. The summed E-state index contributed by atoms with van der Waals surface area (Å²) in [5.74, 6) is -1.05. The SMILES string of the molecule is Cc1cc(F)cc(C=O)c1-c1c(C)cc(F)cc1C=O. The number of aldehydes is 2. The highest BCUT2D eigenvalue weighted by Gasteiger charge is 2.17. The van der Waals surface area contributed by atoms with E-state index in [0.717, 1.165) is 12.1 Å². The lowest BCUT2D eigenvalue weighted by Crippen LogP contribution is -2.00. The monoisotopic (exact) mass is 274 g/mol. The first-order valence-corrected chi connectivity index (χ1v) is 5.99. The predicted molar refractivity (Wildman–Crippen MR) is 72.0 cm³/mol. The molecule has 0 atom stereocenters. The molecule has 102 valence electrons. The van der Waals surface area contributed by atoms with Crippen LogP contribution in [-0.4, -0.2) is 12.6 Å². The maximum absolute atomic E-state index is 13.4. The van der Waals surface area contributed by atoms with Crippen molar-refractivity contribution in [3.63, 3.8) is 0 Å². The number of halogens is 2. The summed E-state index contributed by atoms with van der Waals surface area (Å²) in [4.78, 5) is 22.3. The second kappa shape index (κ2) is 5.33. The van der Waals surface area contributed by atoms with Crippen LogP contribution in [0.15, 0.2) is 24.3 Å². The molecule has 2 nitrogen and oxygen atoms in total. The van der Waals surface area contributed by atoms with Crippen LogP contribution in [0.2, 0.25) is 0 Å². The van der Waals surface area contributed by atoms with Gasteiger partial charge in [0.2, 0.25) is 0 Å². The van der Waals surface area contributed by atoms with E-state index < -0.39 is 11.6 Å². The molecular formula is C16H12F2O2. The molecule has 0 aliphatic rings. The summed E-state index contributed by atoms with van der Waals surface area (Å²) in [5.41, 5.74) is 2.23. The Kier molecular flexibility index (Phi) is 3.74. The first-order chi connectivity index (χ1) is 9.47. The van der Waals surface area contributed by atoms with Crippen molar-refractivity contribution in [2.75, 3.05) is 0 Å². The van der Waals surface area contributed by atoms with Crippen LogP contribution in [0, 0.1) is 25.5 Å². The van der Waals surface area contributed by atoms with Crippen LogP contribution in [0.25, 0.3) is 11.1 Å². The Labute approximate surface area is 115 Å². The van der Waals surface area contributed by atoms with Crippen LogP contribution < -0.4 is 0 Å². The van der Waals surface area contributed by atoms with Gasteiger partial charge in [-0.05, 0) is 60.4 Å². The first-order valence-electron chi connectivity index (χ1n) is 5.99. The minimum absolute atomic E-state index is 0.139. The average Bonchev–Trinajstić information content (AvgIpc) is 2.38. The number of benzene rings is 2. The van der Waals surface area contributed by atoms with E-state index in [-0.39, 0.29) is 11.1 Å². The molecule has 0 saturated carbocycles. The van der Waals surface area contributed by atoms with Gasteiger partial charge in [0.05, 0.1) is 0 Å². The van der Waals surface area contributed by atoms with E-state index in [1.54, 1.807) is 13.8 Å². The Balaban J connectivity index is 2.88. The summed E-state index contributed by atoms with van der Waals surface area (Å²) in [6, 6.07) is 4.76. The summed E-state index contributed by atoms with van der Waals surface area (Å²) in [5, 5.41) is 0. The second-order valence-electron chi connectivity index (χ2n) is 4.61. The van der Waals surface area contributed by atoms with Crippen LogP contribution in [0.4, 0.5) is 8.78 Å². The van der Waals surface area contributed by atoms with E-state index in [4.69, 9.17) is 0 Å². The minimum Gasteiger partial charge on any atom is -0.298 e. The van der Waals surface area contributed by atoms with Crippen LogP contribution >= 0.6 is 0 Å². The molecule has 0 aliphatic carbocycles. The third kappa shape index (κ3) is 2.37. The van der Waals surface area contributed by atoms with Gasteiger partial charge in [-0.3, -0.25) is 9.59 Å². The third-order valence-corrected chi connectivity index (χ3v) is 3.17. The molecule has 0 fully saturated rings. The predicted octanol–water partition coefficient (Wildman–Crippen LogP) is 3.87. The third-order valence-electron chi connectivity index (χ3n) is 3.17. The van der Waals surface area contributed by atoms with Gasteiger partial charge in [-0.2, -0.15) is 0 Å². The Morgan fingerprint density at radius 1 is 0.750 bits per heavy atom. The topological polar surface area (TPSA) is 34.1 Å². The molecule has 0 amide bonds. The molecule has 0 N–H and O–H groups in total. The minimum atomic E-state index is -0.527. The molecule has 2 aromatic carbocycles. The van der Waals surface area contributed by atoms with Gasteiger partial charge in [-0.1, -0.05) is 0 Å². The van der Waals surface area contributed by atoms with Gasteiger partial charge in [0.15, 0.2) is 12.6 Å². The maximum Gasteiger partial charge on any atom is 0.150 e. The van der Waals surface area contributed by atoms with Crippen molar-refractivity contribution in [2.24, 2.45) is 0 Å². The molecule has 2 rings (SSSR count). The summed E-state index contributed by atoms with van der Waals surface area (Å²) < 4.78 is 26.7. The van der Waals surface area contributed by atoms with E-state index in [9.17, 15) is 18.4 Å². The van der Waals surface area contributed by atoms with E-state index in [1.165, 1.54) is 12.1 Å². The highest BCUT2D eigenvalue weighted by atomic mass is 19.1. The van der Waals surface area contributed by atoms with Crippen molar-refractivity contribution in [3.8, 4) is 11.1 Å². The van der Waals surface area contributed by atoms with Gasteiger partial charge >= 0.3 is 0 Å². The van der Waals surface area contributed by atoms with Gasteiger partial charge in [-0.25, -0.2) is 8.78 Å². The zero-order valence-electron chi connectivity index (χ0n) is 11.0. The van der Waals surface area contributed by atoms with E-state index in [1.807, 2.05) is 0 Å². The molecule has 0 saturated heterocycles. The fourth-order valence-electron chi connectivity index (χ4n) is 2.41. The molecule has 20 heavy (non-hydrogen) atoms. The van der Waals surface area contributed by atoms with Gasteiger partial charge in [0.25, 0.3) is 0 Å². The van der Waals surface area contributed by atoms with Gasteiger partial charge in [-0.15, -0.1) is 0 Å². The van der Waals surface area contributed by atoms with Crippen LogP contribution in [0.3, 0.4) is 0 Å². The summed E-state index contributed by atoms with van der Waals surface area (Å²) in [6.45, 7) is 3.28. The molecular weight excluding hydrogens is 262 g/mol. The van der Waals surface area contributed by atoms with Crippen molar-refractivity contribution in [1.29, 1.82) is 0 Å². The van der Waals surface area contributed by atoms with Crippen LogP contribution in [0.1, 0.15) is 31.8 Å². The second-order valence-corrected chi connectivity index (χ2v) is 4.61. The van der Waals surface area contributed by atoms with Gasteiger partial charge in [0.1, 0.15) is 11.6 Å². The quantitative estimate of drug-likeness (QED) is 0.796. The van der Waals surface area contributed by atoms with Crippen molar-refractivity contribution in [2.45, 2.75) is 13.8 Å². The molecule has 0 unspecified atom stereocenters. The summed E-state index contributed by atoms with van der Waals surface area (Å²) >= 11 is 0. The van der Waals surface area contributed by atoms with Gasteiger partial charge < -0.3 is 0 Å². The molecule has 0 heterocycles. The number of hydrogen-bond acceptors (Lipinski definition) is 2. The zero-order valence-corrected chi connectivity index (χ0v) is 11.0. The number of carbonyl (C=O) groups is 2. The number of aryl methyl sites for hydroxylation is 2. The highest BCUT2D eigenvalue weighted by Crippen LogP contribution is 2.33. The average molecular weight is 274 g/mol. The Morgan fingerprint density at radius 3 is 1.40 bits per heavy atom. The Bertz CT molecular complexity index is 645. The molecule has 0 bridgehead atoms. The van der Waals surface area contributed by atoms with Crippen molar-refractivity contribution < 1.29 is 18.4 Å².